The Kier molecular flexibility index (Phi) is 8.18. The Morgan fingerprint density at radius 3 is 1.88 bits per heavy atom. The Labute approximate surface area is 242 Å². The highest BCUT2D eigenvalue weighted by Crippen LogP contribution is 2.40. The third-order valence-electron chi connectivity index (χ3n) is 7.40. The van der Waals surface area contributed by atoms with Crippen molar-refractivity contribution in [2.45, 2.75) is 50.8 Å². The van der Waals surface area contributed by atoms with Crippen LogP contribution in [-0.4, -0.2) is 26.1 Å². The van der Waals surface area contributed by atoms with E-state index in [2.05, 4.69) is 87.7 Å². The molecule has 1 atom stereocenters. The molecule has 0 saturated heterocycles. The summed E-state index contributed by atoms with van der Waals surface area (Å²) in [5.74, 6) is -0.114. The van der Waals surface area contributed by atoms with Crippen LogP contribution in [0.2, 0.25) is 0 Å². The van der Waals surface area contributed by atoms with Crippen LogP contribution >= 0.6 is 0 Å². The van der Waals surface area contributed by atoms with E-state index in [-0.39, 0.29) is 11.4 Å². The largest absolute Gasteiger partial charge is 0.388 e. The van der Waals surface area contributed by atoms with E-state index >= 15 is 0 Å². The van der Waals surface area contributed by atoms with Crippen LogP contribution in [0, 0.1) is 0 Å². The lowest BCUT2D eigenvalue weighted by atomic mass is 9.76. The summed E-state index contributed by atoms with van der Waals surface area (Å²) in [5.41, 5.74) is 5.07. The summed E-state index contributed by atoms with van der Waals surface area (Å²) in [6.07, 6.45) is 6.40. The van der Waals surface area contributed by atoms with Gasteiger partial charge in [-0.15, -0.1) is 0 Å². The number of nitrogens with one attached hydrogen (secondary N) is 1. The van der Waals surface area contributed by atoms with Crippen molar-refractivity contribution in [2.24, 2.45) is 0 Å². The van der Waals surface area contributed by atoms with Gasteiger partial charge in [-0.05, 0) is 73.6 Å². The topological polar surface area (TPSA) is 67.2 Å². The van der Waals surface area contributed by atoms with Gasteiger partial charge in [0, 0.05) is 23.5 Å². The molecule has 4 aromatic carbocycles. The maximum absolute atomic E-state index is 12.4. The second kappa shape index (κ2) is 11.9. The second-order valence-electron chi connectivity index (χ2n) is 11.5. The molecule has 1 aromatic heterocycles. The van der Waals surface area contributed by atoms with Gasteiger partial charge in [0.05, 0.1) is 12.4 Å². The number of hydrogen-bond donors (Lipinski definition) is 2. The van der Waals surface area contributed by atoms with Crippen molar-refractivity contribution in [1.29, 1.82) is 0 Å². The summed E-state index contributed by atoms with van der Waals surface area (Å²) in [6.45, 7) is 5.86. The smallest absolute Gasteiger partial charge is 0.251 e. The van der Waals surface area contributed by atoms with Crippen molar-refractivity contribution in [3.63, 3.8) is 0 Å². The average Bonchev–Trinajstić information content (AvgIpc) is 3.53. The van der Waals surface area contributed by atoms with Crippen LogP contribution in [0.1, 0.15) is 71.5 Å². The van der Waals surface area contributed by atoms with Crippen LogP contribution in [-0.2, 0) is 12.0 Å². The molecule has 0 spiro atoms. The minimum atomic E-state index is -0.618. The minimum Gasteiger partial charge on any atom is -0.388 e. The first kappa shape index (κ1) is 28.1. The molecule has 0 fully saturated rings. The Balaban J connectivity index is 1.37. The van der Waals surface area contributed by atoms with Gasteiger partial charge in [-0.3, -0.25) is 4.79 Å². The number of carbonyl (C=O) groups is 1. The maximum atomic E-state index is 12.4. The molecular weight excluding hydrogens is 506 g/mol. The molecule has 5 aromatic rings. The normalized spacial score (nSPS) is 12.6. The molecule has 1 unspecified atom stereocenters. The van der Waals surface area contributed by atoms with E-state index in [0.29, 0.717) is 12.0 Å². The number of aromatic nitrogens is 2. The summed E-state index contributed by atoms with van der Waals surface area (Å²) >= 11 is 0. The van der Waals surface area contributed by atoms with Gasteiger partial charge in [-0.2, -0.15) is 0 Å². The first-order valence-electron chi connectivity index (χ1n) is 14.1. The fourth-order valence-corrected chi connectivity index (χ4v) is 5.42. The molecule has 41 heavy (non-hydrogen) atoms. The third kappa shape index (κ3) is 6.16. The number of aliphatic hydroxyl groups excluding tert-OH is 1. The van der Waals surface area contributed by atoms with Gasteiger partial charge in [0.15, 0.2) is 0 Å². The average molecular weight is 544 g/mol. The summed E-state index contributed by atoms with van der Waals surface area (Å²) < 4.78 is 2.17. The first-order chi connectivity index (χ1) is 19.8. The Hall–Kier alpha value is -4.48. The number of rotatable bonds is 9. The van der Waals surface area contributed by atoms with Crippen LogP contribution in [0.25, 0.3) is 0 Å². The number of aryl methyl sites for hydroxylation is 1. The maximum Gasteiger partial charge on any atom is 0.251 e. The van der Waals surface area contributed by atoms with Gasteiger partial charge in [0.2, 0.25) is 0 Å². The first-order valence-corrected chi connectivity index (χ1v) is 14.1. The number of benzene rings is 4. The number of imidazole rings is 1. The second-order valence-corrected chi connectivity index (χ2v) is 11.5. The van der Waals surface area contributed by atoms with Crippen LogP contribution in [0.5, 0.6) is 0 Å². The van der Waals surface area contributed by atoms with Crippen molar-refractivity contribution in [3.05, 3.63) is 161 Å². The van der Waals surface area contributed by atoms with E-state index in [0.717, 1.165) is 34.2 Å². The molecule has 0 bridgehead atoms. The molecule has 0 aliphatic rings. The van der Waals surface area contributed by atoms with Crippen molar-refractivity contribution in [3.8, 4) is 0 Å². The highest BCUT2D eigenvalue weighted by Gasteiger charge is 2.38. The molecule has 0 aliphatic carbocycles. The van der Waals surface area contributed by atoms with E-state index in [1.807, 2.05) is 63.8 Å². The number of aliphatic hydroxyl groups is 1. The molecule has 5 rings (SSSR count). The summed E-state index contributed by atoms with van der Waals surface area (Å²) in [5, 5.41) is 13.9. The Morgan fingerprint density at radius 1 is 0.805 bits per heavy atom. The predicted octanol–water partition coefficient (Wildman–Crippen LogP) is 6.92. The van der Waals surface area contributed by atoms with E-state index in [9.17, 15) is 9.90 Å². The molecule has 2 N–H and O–H groups in total. The minimum absolute atomic E-state index is 0.114. The van der Waals surface area contributed by atoms with Gasteiger partial charge >= 0.3 is 0 Å². The van der Waals surface area contributed by atoms with Crippen LogP contribution < -0.4 is 5.32 Å². The third-order valence-corrected chi connectivity index (χ3v) is 7.40. The van der Waals surface area contributed by atoms with E-state index < -0.39 is 11.6 Å². The Morgan fingerprint density at radius 2 is 1.37 bits per heavy atom. The molecule has 5 heteroatoms. The standard InChI is InChI=1S/C36H37N3O2/c1-35(2,3)38-34(41)29-19-17-28(18-20-29)33(40)23-16-27-14-21-32(22-15-27)36(39-25-24-37-26-39,30-10-6-4-7-11-30)31-12-8-5-9-13-31/h4-15,17-22,24-26,33,40H,16,23H2,1-3H3,(H,38,41). The van der Waals surface area contributed by atoms with Gasteiger partial charge < -0.3 is 15.0 Å². The number of carbonyl (C=O) groups excluding carboxylic acids is 1. The van der Waals surface area contributed by atoms with E-state index in [4.69, 9.17) is 0 Å². The van der Waals surface area contributed by atoms with E-state index in [1.165, 1.54) is 0 Å². The van der Waals surface area contributed by atoms with Crippen molar-refractivity contribution in [2.75, 3.05) is 0 Å². The zero-order chi connectivity index (χ0) is 28.9. The molecular formula is C36H37N3O2. The molecule has 5 nitrogen and oxygen atoms in total. The molecule has 0 saturated carbocycles. The lowest BCUT2D eigenvalue weighted by molar-refractivity contribution is 0.0919. The van der Waals surface area contributed by atoms with Gasteiger partial charge in [-0.25, -0.2) is 4.98 Å². The molecule has 1 amide bonds. The molecule has 0 aliphatic heterocycles. The number of amides is 1. The van der Waals surface area contributed by atoms with Crippen LogP contribution in [0.15, 0.2) is 128 Å². The number of hydrogen-bond acceptors (Lipinski definition) is 3. The quantitative estimate of drug-likeness (QED) is 0.198. The highest BCUT2D eigenvalue weighted by molar-refractivity contribution is 5.94. The molecule has 208 valence electrons. The van der Waals surface area contributed by atoms with Crippen LogP contribution in [0.3, 0.4) is 0 Å². The van der Waals surface area contributed by atoms with Gasteiger partial charge in [0.25, 0.3) is 5.91 Å². The number of nitrogens with zero attached hydrogens (tertiary/aromatic N) is 2. The van der Waals surface area contributed by atoms with Crippen molar-refractivity contribution >= 4 is 5.91 Å². The Bertz CT molecular complexity index is 1500. The lowest BCUT2D eigenvalue weighted by Crippen LogP contribution is -2.40. The zero-order valence-electron chi connectivity index (χ0n) is 23.9. The fourth-order valence-electron chi connectivity index (χ4n) is 5.42. The van der Waals surface area contributed by atoms with E-state index in [1.54, 1.807) is 12.1 Å². The molecule has 1 heterocycles. The summed E-state index contributed by atoms with van der Waals surface area (Å²) in [6, 6.07) is 36.9. The van der Waals surface area contributed by atoms with Crippen LogP contribution in [0.4, 0.5) is 0 Å². The lowest BCUT2D eigenvalue weighted by Gasteiger charge is -2.37. The summed E-state index contributed by atoms with van der Waals surface area (Å²) in [4.78, 5) is 16.8. The SMILES string of the molecule is CC(C)(C)NC(=O)c1ccc(C(O)CCc2ccc(C(c3ccccc3)(c3ccccc3)n3ccnc3)cc2)cc1. The zero-order valence-corrected chi connectivity index (χ0v) is 23.9. The predicted molar refractivity (Wildman–Crippen MR) is 164 cm³/mol. The van der Waals surface area contributed by atoms with Crippen molar-refractivity contribution < 1.29 is 9.90 Å². The molecule has 0 radical (unpaired) electrons. The van der Waals surface area contributed by atoms with Gasteiger partial charge in [0.1, 0.15) is 5.54 Å². The fraction of sp³-hybridized carbons (Fsp3) is 0.222. The van der Waals surface area contributed by atoms with Gasteiger partial charge in [-0.1, -0.05) is 97.1 Å². The monoisotopic (exact) mass is 543 g/mol. The highest BCUT2D eigenvalue weighted by atomic mass is 16.3. The summed E-state index contributed by atoms with van der Waals surface area (Å²) in [7, 11) is 0. The van der Waals surface area contributed by atoms with Crippen molar-refractivity contribution in [1.82, 2.24) is 14.9 Å².